The van der Waals surface area contributed by atoms with Crippen LogP contribution in [0.1, 0.15) is 21.5 Å². The molecule has 0 saturated carbocycles. The SMILES string of the molecule is COc1ccc(C=NNC(=O)c2ccccc2)cc1C. The van der Waals surface area contributed by atoms with Gasteiger partial charge in [0.15, 0.2) is 0 Å². The molecule has 0 aromatic heterocycles. The smallest absolute Gasteiger partial charge is 0.271 e. The number of carbonyl (C=O) groups is 1. The monoisotopic (exact) mass is 268 g/mol. The molecule has 0 aliphatic carbocycles. The highest BCUT2D eigenvalue weighted by molar-refractivity contribution is 5.94. The predicted octanol–water partition coefficient (Wildman–Crippen LogP) is 2.77. The molecule has 1 amide bonds. The first-order chi connectivity index (χ1) is 9.70. The van der Waals surface area contributed by atoms with Crippen LogP contribution in [0.2, 0.25) is 0 Å². The molecule has 0 atom stereocenters. The third-order valence-corrected chi connectivity index (χ3v) is 2.83. The van der Waals surface area contributed by atoms with Crippen LogP contribution in [0, 0.1) is 6.92 Å². The van der Waals surface area contributed by atoms with Crippen molar-refractivity contribution in [1.82, 2.24) is 5.43 Å². The molecular formula is C16H16N2O2. The molecule has 0 unspecified atom stereocenters. The molecule has 4 heteroatoms. The lowest BCUT2D eigenvalue weighted by Gasteiger charge is -2.04. The number of nitrogens with one attached hydrogen (secondary N) is 1. The summed E-state index contributed by atoms with van der Waals surface area (Å²) in [4.78, 5) is 11.8. The third-order valence-electron chi connectivity index (χ3n) is 2.83. The van der Waals surface area contributed by atoms with E-state index in [0.717, 1.165) is 16.9 Å². The van der Waals surface area contributed by atoms with Crippen molar-refractivity contribution < 1.29 is 9.53 Å². The van der Waals surface area contributed by atoms with Crippen molar-refractivity contribution in [3.05, 3.63) is 65.2 Å². The van der Waals surface area contributed by atoms with Gasteiger partial charge in [-0.15, -0.1) is 0 Å². The summed E-state index contributed by atoms with van der Waals surface area (Å²) in [7, 11) is 1.64. The third kappa shape index (κ3) is 3.45. The van der Waals surface area contributed by atoms with Crippen LogP contribution in [0.5, 0.6) is 5.75 Å². The molecule has 0 bridgehead atoms. The van der Waals surface area contributed by atoms with Gasteiger partial charge in [-0.05, 0) is 48.4 Å². The second-order valence-electron chi connectivity index (χ2n) is 4.29. The minimum absolute atomic E-state index is 0.230. The fourth-order valence-corrected chi connectivity index (χ4v) is 1.80. The van der Waals surface area contributed by atoms with E-state index in [-0.39, 0.29) is 5.91 Å². The van der Waals surface area contributed by atoms with Gasteiger partial charge in [-0.3, -0.25) is 4.79 Å². The largest absolute Gasteiger partial charge is 0.496 e. The Labute approximate surface area is 118 Å². The van der Waals surface area contributed by atoms with Gasteiger partial charge in [-0.2, -0.15) is 5.10 Å². The number of benzene rings is 2. The number of methoxy groups -OCH3 is 1. The highest BCUT2D eigenvalue weighted by Crippen LogP contribution is 2.17. The summed E-state index contributed by atoms with van der Waals surface area (Å²) in [6, 6.07) is 14.7. The maximum absolute atomic E-state index is 11.8. The molecule has 0 saturated heterocycles. The van der Waals surface area contributed by atoms with Gasteiger partial charge in [0.05, 0.1) is 13.3 Å². The molecule has 1 N–H and O–H groups in total. The van der Waals surface area contributed by atoms with E-state index < -0.39 is 0 Å². The van der Waals surface area contributed by atoms with Crippen LogP contribution >= 0.6 is 0 Å². The molecule has 0 aliphatic heterocycles. The molecule has 0 aliphatic rings. The van der Waals surface area contributed by atoms with Gasteiger partial charge in [0.1, 0.15) is 5.75 Å². The number of hydrazone groups is 1. The van der Waals surface area contributed by atoms with Crippen molar-refractivity contribution in [3.63, 3.8) is 0 Å². The first-order valence-corrected chi connectivity index (χ1v) is 6.24. The molecule has 20 heavy (non-hydrogen) atoms. The number of rotatable bonds is 4. The van der Waals surface area contributed by atoms with Crippen LogP contribution in [0.15, 0.2) is 53.6 Å². The fraction of sp³-hybridized carbons (Fsp3) is 0.125. The quantitative estimate of drug-likeness (QED) is 0.684. The average molecular weight is 268 g/mol. The van der Waals surface area contributed by atoms with E-state index in [0.29, 0.717) is 5.56 Å². The molecule has 2 aromatic rings. The number of ether oxygens (including phenoxy) is 1. The summed E-state index contributed by atoms with van der Waals surface area (Å²) in [5.41, 5.74) is 4.99. The fourth-order valence-electron chi connectivity index (χ4n) is 1.80. The maximum atomic E-state index is 11.8. The number of nitrogens with zero attached hydrogens (tertiary/aromatic N) is 1. The van der Waals surface area contributed by atoms with Crippen LogP contribution in [-0.2, 0) is 0 Å². The second kappa shape index (κ2) is 6.52. The Morgan fingerprint density at radius 1 is 1.20 bits per heavy atom. The minimum atomic E-state index is -0.230. The van der Waals surface area contributed by atoms with Crippen LogP contribution in [0.4, 0.5) is 0 Å². The lowest BCUT2D eigenvalue weighted by atomic mass is 10.1. The topological polar surface area (TPSA) is 50.7 Å². The number of hydrogen-bond donors (Lipinski definition) is 1. The van der Waals surface area contributed by atoms with Crippen molar-refractivity contribution >= 4 is 12.1 Å². The number of amides is 1. The van der Waals surface area contributed by atoms with Gasteiger partial charge in [0.25, 0.3) is 5.91 Å². The molecule has 0 fully saturated rings. The molecule has 2 aromatic carbocycles. The summed E-state index contributed by atoms with van der Waals surface area (Å²) in [5, 5.41) is 3.95. The van der Waals surface area contributed by atoms with Gasteiger partial charge in [0.2, 0.25) is 0 Å². The van der Waals surface area contributed by atoms with Crippen molar-refractivity contribution in [3.8, 4) is 5.75 Å². The molecule has 4 nitrogen and oxygen atoms in total. The normalized spacial score (nSPS) is 10.5. The number of carbonyl (C=O) groups excluding carboxylic acids is 1. The molecule has 0 heterocycles. The molecular weight excluding hydrogens is 252 g/mol. The highest BCUT2D eigenvalue weighted by Gasteiger charge is 2.02. The Bertz CT molecular complexity index is 622. The van der Waals surface area contributed by atoms with Gasteiger partial charge in [-0.25, -0.2) is 5.43 Å². The van der Waals surface area contributed by atoms with E-state index in [1.807, 2.05) is 43.3 Å². The predicted molar refractivity (Wildman–Crippen MR) is 79.2 cm³/mol. The van der Waals surface area contributed by atoms with E-state index >= 15 is 0 Å². The lowest BCUT2D eigenvalue weighted by Crippen LogP contribution is -2.17. The molecule has 0 radical (unpaired) electrons. The Hall–Kier alpha value is -2.62. The zero-order chi connectivity index (χ0) is 14.4. The standard InChI is InChI=1S/C16H16N2O2/c1-12-10-13(8-9-15(12)20-2)11-17-18-16(19)14-6-4-3-5-7-14/h3-11H,1-2H3,(H,18,19). The summed E-state index contributed by atoms with van der Waals surface area (Å²) in [5.74, 6) is 0.600. The van der Waals surface area contributed by atoms with E-state index in [9.17, 15) is 4.79 Å². The Morgan fingerprint density at radius 3 is 2.60 bits per heavy atom. The maximum Gasteiger partial charge on any atom is 0.271 e. The van der Waals surface area contributed by atoms with Gasteiger partial charge in [-0.1, -0.05) is 18.2 Å². The van der Waals surface area contributed by atoms with Crippen molar-refractivity contribution in [2.24, 2.45) is 5.10 Å². The zero-order valence-corrected chi connectivity index (χ0v) is 11.5. The van der Waals surface area contributed by atoms with Crippen LogP contribution in [0.25, 0.3) is 0 Å². The Kier molecular flexibility index (Phi) is 4.50. The van der Waals surface area contributed by atoms with E-state index in [2.05, 4.69) is 10.5 Å². The van der Waals surface area contributed by atoms with E-state index in [4.69, 9.17) is 4.74 Å². The summed E-state index contributed by atoms with van der Waals surface area (Å²) < 4.78 is 5.19. The van der Waals surface area contributed by atoms with Crippen LogP contribution in [0.3, 0.4) is 0 Å². The number of hydrogen-bond acceptors (Lipinski definition) is 3. The first-order valence-electron chi connectivity index (χ1n) is 6.24. The Morgan fingerprint density at radius 2 is 1.95 bits per heavy atom. The van der Waals surface area contributed by atoms with Gasteiger partial charge >= 0.3 is 0 Å². The van der Waals surface area contributed by atoms with Crippen LogP contribution in [-0.4, -0.2) is 19.2 Å². The van der Waals surface area contributed by atoms with Crippen LogP contribution < -0.4 is 10.2 Å². The zero-order valence-electron chi connectivity index (χ0n) is 11.5. The lowest BCUT2D eigenvalue weighted by molar-refractivity contribution is 0.0955. The van der Waals surface area contributed by atoms with Crippen molar-refractivity contribution in [2.75, 3.05) is 7.11 Å². The molecule has 2 rings (SSSR count). The molecule has 0 spiro atoms. The van der Waals surface area contributed by atoms with Crippen molar-refractivity contribution in [2.45, 2.75) is 6.92 Å². The summed E-state index contributed by atoms with van der Waals surface area (Å²) in [6.07, 6.45) is 1.60. The van der Waals surface area contributed by atoms with Gasteiger partial charge < -0.3 is 4.74 Å². The second-order valence-corrected chi connectivity index (χ2v) is 4.29. The Balaban J connectivity index is 2.00. The summed E-state index contributed by atoms with van der Waals surface area (Å²) >= 11 is 0. The summed E-state index contributed by atoms with van der Waals surface area (Å²) in [6.45, 7) is 1.96. The number of aryl methyl sites for hydroxylation is 1. The van der Waals surface area contributed by atoms with E-state index in [1.54, 1.807) is 25.5 Å². The highest BCUT2D eigenvalue weighted by atomic mass is 16.5. The van der Waals surface area contributed by atoms with Crippen molar-refractivity contribution in [1.29, 1.82) is 0 Å². The van der Waals surface area contributed by atoms with E-state index in [1.165, 1.54) is 0 Å². The molecule has 102 valence electrons. The van der Waals surface area contributed by atoms with Gasteiger partial charge in [0, 0.05) is 5.56 Å². The average Bonchev–Trinajstić information content (AvgIpc) is 2.48. The minimum Gasteiger partial charge on any atom is -0.496 e. The first kappa shape index (κ1) is 13.8.